The monoisotopic (exact) mass is 247 g/mol. The van der Waals surface area contributed by atoms with E-state index in [4.69, 9.17) is 0 Å². The Kier molecular flexibility index (Phi) is 4.02. The first-order valence-electron chi connectivity index (χ1n) is 6.62. The molecular weight excluding hydrogens is 226 g/mol. The number of aliphatic hydroxyl groups excluding tert-OH is 1. The summed E-state index contributed by atoms with van der Waals surface area (Å²) < 4.78 is 0. The van der Waals surface area contributed by atoms with Crippen molar-refractivity contribution in [2.24, 2.45) is 5.92 Å². The minimum atomic E-state index is -0.246. The van der Waals surface area contributed by atoms with Crippen LogP contribution in [0.5, 0.6) is 0 Å². The van der Waals surface area contributed by atoms with E-state index in [9.17, 15) is 9.90 Å². The molecule has 2 rings (SSSR count). The van der Waals surface area contributed by atoms with Crippen LogP contribution in [-0.4, -0.2) is 23.7 Å². The van der Waals surface area contributed by atoms with Gasteiger partial charge in [-0.15, -0.1) is 0 Å². The summed E-state index contributed by atoms with van der Waals surface area (Å²) in [5.74, 6) is 0.189. The predicted molar refractivity (Wildman–Crippen MR) is 71.6 cm³/mol. The molecule has 2 unspecified atom stereocenters. The predicted octanol–water partition coefficient (Wildman–Crippen LogP) is 2.19. The number of hydrogen-bond acceptors (Lipinski definition) is 2. The molecule has 3 nitrogen and oxygen atoms in total. The number of nitrogens with one attached hydrogen (secondary N) is 1. The number of carbonyl (C=O) groups excluding carboxylic acids is 1. The van der Waals surface area contributed by atoms with Crippen LogP contribution in [0, 0.1) is 19.8 Å². The van der Waals surface area contributed by atoms with Crippen LogP contribution in [0.3, 0.4) is 0 Å². The maximum atomic E-state index is 12.1. The summed E-state index contributed by atoms with van der Waals surface area (Å²) in [5.41, 5.74) is 2.90. The third kappa shape index (κ3) is 2.72. The number of hydrogen-bond donors (Lipinski definition) is 2. The van der Waals surface area contributed by atoms with Crippen LogP contribution in [0.4, 0.5) is 0 Å². The van der Waals surface area contributed by atoms with Gasteiger partial charge in [-0.05, 0) is 43.9 Å². The van der Waals surface area contributed by atoms with Crippen LogP contribution in [0.2, 0.25) is 0 Å². The molecule has 98 valence electrons. The van der Waals surface area contributed by atoms with E-state index >= 15 is 0 Å². The minimum absolute atomic E-state index is 0.0321. The highest BCUT2D eigenvalue weighted by molar-refractivity contribution is 5.95. The summed E-state index contributed by atoms with van der Waals surface area (Å²) in [4.78, 5) is 12.1. The van der Waals surface area contributed by atoms with Gasteiger partial charge in [-0.2, -0.15) is 0 Å². The van der Waals surface area contributed by atoms with Crippen molar-refractivity contribution in [1.29, 1.82) is 0 Å². The second-order valence-electron chi connectivity index (χ2n) is 5.22. The Morgan fingerprint density at radius 2 is 2.17 bits per heavy atom. The van der Waals surface area contributed by atoms with Gasteiger partial charge in [0.05, 0.1) is 6.10 Å². The molecule has 18 heavy (non-hydrogen) atoms. The van der Waals surface area contributed by atoms with Crippen molar-refractivity contribution in [3.8, 4) is 0 Å². The molecule has 0 radical (unpaired) electrons. The van der Waals surface area contributed by atoms with Crippen LogP contribution in [0.15, 0.2) is 18.2 Å². The van der Waals surface area contributed by atoms with Crippen molar-refractivity contribution in [3.05, 3.63) is 34.9 Å². The van der Waals surface area contributed by atoms with Crippen molar-refractivity contribution < 1.29 is 9.90 Å². The first-order valence-corrected chi connectivity index (χ1v) is 6.62. The molecule has 0 aliphatic heterocycles. The summed E-state index contributed by atoms with van der Waals surface area (Å²) in [7, 11) is 0. The normalized spacial score (nSPS) is 23.1. The van der Waals surface area contributed by atoms with Crippen LogP contribution in [-0.2, 0) is 0 Å². The van der Waals surface area contributed by atoms with E-state index in [1.165, 1.54) is 0 Å². The molecule has 1 aliphatic rings. The molecule has 1 aromatic carbocycles. The van der Waals surface area contributed by atoms with Gasteiger partial charge in [0.2, 0.25) is 0 Å². The van der Waals surface area contributed by atoms with Gasteiger partial charge in [0.15, 0.2) is 0 Å². The Hall–Kier alpha value is -1.35. The van der Waals surface area contributed by atoms with Gasteiger partial charge in [-0.25, -0.2) is 0 Å². The van der Waals surface area contributed by atoms with Crippen molar-refractivity contribution in [1.82, 2.24) is 5.32 Å². The highest BCUT2D eigenvalue weighted by atomic mass is 16.3. The van der Waals surface area contributed by atoms with Crippen molar-refractivity contribution in [2.45, 2.75) is 39.2 Å². The molecule has 1 fully saturated rings. The van der Waals surface area contributed by atoms with Crippen LogP contribution in [0.1, 0.15) is 40.7 Å². The third-order valence-corrected chi connectivity index (χ3v) is 3.99. The Morgan fingerprint density at radius 1 is 1.39 bits per heavy atom. The average molecular weight is 247 g/mol. The van der Waals surface area contributed by atoms with E-state index in [0.717, 1.165) is 36.0 Å². The van der Waals surface area contributed by atoms with Crippen molar-refractivity contribution in [2.75, 3.05) is 6.54 Å². The Morgan fingerprint density at radius 3 is 2.83 bits per heavy atom. The molecule has 0 aromatic heterocycles. The molecule has 0 heterocycles. The fourth-order valence-corrected chi connectivity index (χ4v) is 2.57. The molecule has 1 saturated carbocycles. The van der Waals surface area contributed by atoms with Crippen molar-refractivity contribution in [3.63, 3.8) is 0 Å². The zero-order chi connectivity index (χ0) is 13.1. The van der Waals surface area contributed by atoms with Gasteiger partial charge < -0.3 is 10.4 Å². The minimum Gasteiger partial charge on any atom is -0.393 e. The quantitative estimate of drug-likeness (QED) is 0.860. The molecule has 1 aliphatic carbocycles. The number of aliphatic hydroxyl groups is 1. The molecule has 3 heteroatoms. The summed E-state index contributed by atoms with van der Waals surface area (Å²) >= 11 is 0. The van der Waals surface area contributed by atoms with Gasteiger partial charge in [0.25, 0.3) is 5.91 Å². The third-order valence-electron chi connectivity index (χ3n) is 3.99. The lowest BCUT2D eigenvalue weighted by Crippen LogP contribution is -2.32. The van der Waals surface area contributed by atoms with Crippen LogP contribution >= 0.6 is 0 Å². The first kappa shape index (κ1) is 13.1. The summed E-state index contributed by atoms with van der Waals surface area (Å²) in [5, 5.41) is 12.7. The molecule has 1 amide bonds. The van der Waals surface area contributed by atoms with Crippen molar-refractivity contribution >= 4 is 5.91 Å². The molecule has 0 bridgehead atoms. The fourth-order valence-electron chi connectivity index (χ4n) is 2.57. The average Bonchev–Trinajstić information content (AvgIpc) is 2.75. The maximum absolute atomic E-state index is 12.1. The SMILES string of the molecule is Cc1cccc(C(=O)NCC2CCCC2O)c1C. The summed E-state index contributed by atoms with van der Waals surface area (Å²) in [6, 6.07) is 5.76. The second-order valence-corrected chi connectivity index (χ2v) is 5.22. The highest BCUT2D eigenvalue weighted by Gasteiger charge is 2.25. The molecule has 2 atom stereocenters. The number of rotatable bonds is 3. The van der Waals surface area contributed by atoms with E-state index in [2.05, 4.69) is 5.32 Å². The number of amides is 1. The molecular formula is C15H21NO2. The highest BCUT2D eigenvalue weighted by Crippen LogP contribution is 2.24. The Bertz CT molecular complexity index is 442. The summed E-state index contributed by atoms with van der Waals surface area (Å²) in [6.45, 7) is 4.55. The van der Waals surface area contributed by atoms with E-state index in [-0.39, 0.29) is 17.9 Å². The van der Waals surface area contributed by atoms with E-state index in [1.54, 1.807) is 0 Å². The zero-order valence-electron chi connectivity index (χ0n) is 11.1. The lowest BCUT2D eigenvalue weighted by Gasteiger charge is -2.16. The topological polar surface area (TPSA) is 49.3 Å². The molecule has 2 N–H and O–H groups in total. The molecule has 0 spiro atoms. The van der Waals surface area contributed by atoms with E-state index in [0.29, 0.717) is 6.54 Å². The number of aryl methyl sites for hydroxylation is 1. The standard InChI is InChI=1S/C15H21NO2/c1-10-5-3-7-13(11(10)2)15(18)16-9-12-6-4-8-14(12)17/h3,5,7,12,14,17H,4,6,8-9H2,1-2H3,(H,16,18). The lowest BCUT2D eigenvalue weighted by atomic mass is 10.0. The second kappa shape index (κ2) is 5.53. The number of carbonyl (C=O) groups is 1. The summed E-state index contributed by atoms with van der Waals surface area (Å²) in [6.07, 6.45) is 2.69. The largest absolute Gasteiger partial charge is 0.393 e. The smallest absolute Gasteiger partial charge is 0.251 e. The van der Waals surface area contributed by atoms with Gasteiger partial charge in [0, 0.05) is 18.0 Å². The van der Waals surface area contributed by atoms with E-state index in [1.807, 2.05) is 32.0 Å². The molecule has 1 aromatic rings. The van der Waals surface area contributed by atoms with Crippen LogP contribution in [0.25, 0.3) is 0 Å². The van der Waals surface area contributed by atoms with Gasteiger partial charge in [-0.3, -0.25) is 4.79 Å². The van der Waals surface area contributed by atoms with Gasteiger partial charge in [0.1, 0.15) is 0 Å². The fraction of sp³-hybridized carbons (Fsp3) is 0.533. The number of benzene rings is 1. The first-order chi connectivity index (χ1) is 8.59. The Labute approximate surface area is 108 Å². The lowest BCUT2D eigenvalue weighted by molar-refractivity contribution is 0.0916. The van der Waals surface area contributed by atoms with Crippen LogP contribution < -0.4 is 5.32 Å². The Balaban J connectivity index is 1.97. The van der Waals surface area contributed by atoms with E-state index < -0.39 is 0 Å². The van der Waals surface area contributed by atoms with Gasteiger partial charge >= 0.3 is 0 Å². The zero-order valence-corrected chi connectivity index (χ0v) is 11.1. The molecule has 0 saturated heterocycles. The maximum Gasteiger partial charge on any atom is 0.251 e. The van der Waals surface area contributed by atoms with Gasteiger partial charge in [-0.1, -0.05) is 18.6 Å².